The van der Waals surface area contributed by atoms with Crippen molar-refractivity contribution in [2.24, 2.45) is 0 Å². The molecule has 0 unspecified atom stereocenters. The number of amides is 1. The van der Waals surface area contributed by atoms with Crippen molar-refractivity contribution in [3.8, 4) is 0 Å². The zero-order chi connectivity index (χ0) is 18.9. The maximum atomic E-state index is 12.8. The molecule has 7 nitrogen and oxygen atoms in total. The molecule has 0 atom stereocenters. The second-order valence-electron chi connectivity index (χ2n) is 5.96. The summed E-state index contributed by atoms with van der Waals surface area (Å²) < 4.78 is 34.8. The number of benzene rings is 2. The first-order valence-corrected chi connectivity index (χ1v) is 10.0. The lowest BCUT2D eigenvalue weighted by Gasteiger charge is -2.18. The van der Waals surface area contributed by atoms with Crippen LogP contribution in [-0.4, -0.2) is 41.0 Å². The third-order valence-electron chi connectivity index (χ3n) is 4.05. The fraction of sp³-hybridized carbons (Fsp3) is 0.235. The predicted octanol–water partition coefficient (Wildman–Crippen LogP) is 2.57. The van der Waals surface area contributed by atoms with Crippen LogP contribution < -0.4 is 5.32 Å². The Bertz CT molecular complexity index is 1060. The standard InChI is InChI=1S/C17H18N4O3S2/c1-11-6-4-7-12(2)16(11)18-15(22)10-21(3)26(23,24)14-9-5-8-13-17(14)20-25-19-13/h4-9H,10H2,1-3H3,(H,18,22). The molecule has 1 heterocycles. The van der Waals surface area contributed by atoms with E-state index >= 15 is 0 Å². The number of aryl methyl sites for hydroxylation is 2. The van der Waals surface area contributed by atoms with Gasteiger partial charge in [-0.05, 0) is 37.1 Å². The molecule has 0 bridgehead atoms. The van der Waals surface area contributed by atoms with Gasteiger partial charge in [0.2, 0.25) is 15.9 Å². The quantitative estimate of drug-likeness (QED) is 0.723. The van der Waals surface area contributed by atoms with Crippen LogP contribution in [0.25, 0.3) is 11.0 Å². The summed E-state index contributed by atoms with van der Waals surface area (Å²) in [7, 11) is -2.49. The van der Waals surface area contributed by atoms with Crippen molar-refractivity contribution in [2.75, 3.05) is 18.9 Å². The van der Waals surface area contributed by atoms with Gasteiger partial charge in [-0.15, -0.1) is 0 Å². The third kappa shape index (κ3) is 3.46. The number of nitrogens with zero attached hydrogens (tertiary/aromatic N) is 3. The zero-order valence-corrected chi connectivity index (χ0v) is 16.2. The molecular formula is C17H18N4O3S2. The van der Waals surface area contributed by atoms with Crippen molar-refractivity contribution in [1.82, 2.24) is 13.1 Å². The molecule has 0 fully saturated rings. The van der Waals surface area contributed by atoms with Gasteiger partial charge in [0.25, 0.3) is 0 Å². The molecule has 26 heavy (non-hydrogen) atoms. The second-order valence-corrected chi connectivity index (χ2v) is 8.51. The van der Waals surface area contributed by atoms with Crippen molar-refractivity contribution in [2.45, 2.75) is 18.7 Å². The van der Waals surface area contributed by atoms with E-state index in [1.807, 2.05) is 32.0 Å². The van der Waals surface area contributed by atoms with E-state index < -0.39 is 15.9 Å². The highest BCUT2D eigenvalue weighted by Crippen LogP contribution is 2.24. The van der Waals surface area contributed by atoms with Gasteiger partial charge in [0.1, 0.15) is 15.9 Å². The van der Waals surface area contributed by atoms with E-state index in [-0.39, 0.29) is 11.4 Å². The number of rotatable bonds is 5. The first kappa shape index (κ1) is 18.4. The summed E-state index contributed by atoms with van der Waals surface area (Å²) in [4.78, 5) is 12.4. The van der Waals surface area contributed by atoms with E-state index in [4.69, 9.17) is 0 Å². The van der Waals surface area contributed by atoms with Crippen LogP contribution in [0.15, 0.2) is 41.3 Å². The summed E-state index contributed by atoms with van der Waals surface area (Å²) in [6.45, 7) is 3.47. The number of sulfonamides is 1. The summed E-state index contributed by atoms with van der Waals surface area (Å²) in [5.41, 5.74) is 3.38. The molecule has 0 aliphatic heterocycles. The van der Waals surface area contributed by atoms with Crippen molar-refractivity contribution in [3.63, 3.8) is 0 Å². The van der Waals surface area contributed by atoms with Crippen LogP contribution in [0.4, 0.5) is 5.69 Å². The molecule has 3 rings (SSSR count). The van der Waals surface area contributed by atoms with Crippen LogP contribution in [0.1, 0.15) is 11.1 Å². The van der Waals surface area contributed by atoms with Crippen molar-refractivity contribution < 1.29 is 13.2 Å². The molecule has 0 saturated heterocycles. The number of fused-ring (bicyclic) bond motifs is 1. The molecule has 0 aliphatic carbocycles. The van der Waals surface area contributed by atoms with Gasteiger partial charge in [0, 0.05) is 12.7 Å². The van der Waals surface area contributed by atoms with Crippen molar-refractivity contribution in [3.05, 3.63) is 47.5 Å². The minimum absolute atomic E-state index is 0.0473. The Hall–Kier alpha value is -2.36. The number of carbonyl (C=O) groups excluding carboxylic acids is 1. The number of hydrogen-bond donors (Lipinski definition) is 1. The second kappa shape index (κ2) is 7.10. The van der Waals surface area contributed by atoms with Gasteiger partial charge in [-0.3, -0.25) is 4.79 Å². The number of para-hydroxylation sites is 1. The Labute approximate surface area is 156 Å². The molecule has 0 aliphatic rings. The average molecular weight is 390 g/mol. The maximum Gasteiger partial charge on any atom is 0.245 e. The van der Waals surface area contributed by atoms with E-state index in [1.54, 1.807) is 12.1 Å². The van der Waals surface area contributed by atoms with Gasteiger partial charge in [-0.1, -0.05) is 24.3 Å². The van der Waals surface area contributed by atoms with Crippen LogP contribution in [0.3, 0.4) is 0 Å². The Balaban J connectivity index is 1.82. The first-order valence-electron chi connectivity index (χ1n) is 7.84. The molecule has 2 aromatic carbocycles. The number of anilines is 1. The fourth-order valence-electron chi connectivity index (χ4n) is 2.64. The van der Waals surface area contributed by atoms with Crippen molar-refractivity contribution >= 4 is 44.4 Å². The van der Waals surface area contributed by atoms with Crippen LogP contribution in [-0.2, 0) is 14.8 Å². The Kier molecular flexibility index (Phi) is 5.03. The minimum atomic E-state index is -3.87. The van der Waals surface area contributed by atoms with Crippen LogP contribution in [0, 0.1) is 13.8 Å². The Morgan fingerprint density at radius 2 is 1.77 bits per heavy atom. The summed E-state index contributed by atoms with van der Waals surface area (Å²) in [6.07, 6.45) is 0. The topological polar surface area (TPSA) is 92.3 Å². The molecule has 136 valence electrons. The van der Waals surface area contributed by atoms with Crippen molar-refractivity contribution in [1.29, 1.82) is 0 Å². The lowest BCUT2D eigenvalue weighted by atomic mass is 10.1. The molecule has 0 saturated carbocycles. The van der Waals surface area contributed by atoms with E-state index in [0.717, 1.165) is 27.2 Å². The highest BCUT2D eigenvalue weighted by molar-refractivity contribution is 7.89. The van der Waals surface area contributed by atoms with E-state index in [0.29, 0.717) is 16.7 Å². The largest absolute Gasteiger partial charge is 0.324 e. The summed E-state index contributed by atoms with van der Waals surface area (Å²) in [6, 6.07) is 10.5. The lowest BCUT2D eigenvalue weighted by Crippen LogP contribution is -2.35. The number of likely N-dealkylation sites (N-methyl/N-ethyl adjacent to an activating group) is 1. The number of nitrogens with one attached hydrogen (secondary N) is 1. The summed E-state index contributed by atoms with van der Waals surface area (Å²) in [5.74, 6) is -0.406. The SMILES string of the molecule is Cc1cccc(C)c1NC(=O)CN(C)S(=O)(=O)c1cccc2nsnc12. The average Bonchev–Trinajstić information content (AvgIpc) is 3.06. The maximum absolute atomic E-state index is 12.8. The molecule has 1 amide bonds. The minimum Gasteiger partial charge on any atom is -0.324 e. The van der Waals surface area contributed by atoms with E-state index in [2.05, 4.69) is 14.1 Å². The molecule has 1 N–H and O–H groups in total. The molecular weight excluding hydrogens is 372 g/mol. The predicted molar refractivity (Wildman–Crippen MR) is 102 cm³/mol. The lowest BCUT2D eigenvalue weighted by molar-refractivity contribution is -0.116. The molecule has 0 spiro atoms. The Morgan fingerprint density at radius 3 is 2.46 bits per heavy atom. The molecule has 1 aromatic heterocycles. The van der Waals surface area contributed by atoms with Crippen LogP contribution in [0.2, 0.25) is 0 Å². The summed E-state index contributed by atoms with van der Waals surface area (Å²) >= 11 is 0.951. The first-order chi connectivity index (χ1) is 12.3. The van der Waals surface area contributed by atoms with Crippen LogP contribution >= 0.6 is 11.7 Å². The zero-order valence-electron chi connectivity index (χ0n) is 14.6. The van der Waals surface area contributed by atoms with Gasteiger partial charge >= 0.3 is 0 Å². The Morgan fingerprint density at radius 1 is 1.12 bits per heavy atom. The van der Waals surface area contributed by atoms with Gasteiger partial charge in [0.05, 0.1) is 18.3 Å². The summed E-state index contributed by atoms with van der Waals surface area (Å²) in [5, 5.41) is 2.79. The molecule has 0 radical (unpaired) electrons. The number of carbonyl (C=O) groups is 1. The highest BCUT2D eigenvalue weighted by atomic mass is 32.2. The third-order valence-corrected chi connectivity index (χ3v) is 6.43. The smallest absolute Gasteiger partial charge is 0.245 e. The van der Waals surface area contributed by atoms with E-state index in [1.165, 1.54) is 13.1 Å². The van der Waals surface area contributed by atoms with E-state index in [9.17, 15) is 13.2 Å². The van der Waals surface area contributed by atoms with Gasteiger partial charge in [0.15, 0.2) is 0 Å². The van der Waals surface area contributed by atoms with Gasteiger partial charge in [-0.25, -0.2) is 8.42 Å². The highest BCUT2D eigenvalue weighted by Gasteiger charge is 2.26. The van der Waals surface area contributed by atoms with Crippen LogP contribution in [0.5, 0.6) is 0 Å². The van der Waals surface area contributed by atoms with Gasteiger partial charge in [-0.2, -0.15) is 13.1 Å². The fourth-order valence-corrected chi connectivity index (χ4v) is 4.51. The number of hydrogen-bond acceptors (Lipinski definition) is 6. The number of aromatic nitrogens is 2. The molecule has 9 heteroatoms. The normalized spacial score (nSPS) is 11.8. The van der Waals surface area contributed by atoms with Gasteiger partial charge < -0.3 is 5.32 Å². The monoisotopic (exact) mass is 390 g/mol. The molecule has 3 aromatic rings.